The first-order chi connectivity index (χ1) is 10.6. The van der Waals surface area contributed by atoms with Gasteiger partial charge in [0.2, 0.25) is 0 Å². The van der Waals surface area contributed by atoms with E-state index in [1.807, 2.05) is 31.2 Å². The van der Waals surface area contributed by atoms with Gasteiger partial charge < -0.3 is 15.7 Å². The molecule has 0 aliphatic heterocycles. The largest absolute Gasteiger partial charge is 0.506 e. The van der Waals surface area contributed by atoms with Gasteiger partial charge in [0.1, 0.15) is 5.75 Å². The average Bonchev–Trinajstić information content (AvgIpc) is 2.50. The Balaban J connectivity index is 1.95. The van der Waals surface area contributed by atoms with Crippen molar-refractivity contribution >= 4 is 28.7 Å². The first-order valence-electron chi connectivity index (χ1n) is 7.55. The Hall–Kier alpha value is -2.07. The van der Waals surface area contributed by atoms with E-state index in [2.05, 4.69) is 29.7 Å². The molecule has 4 heteroatoms. The van der Waals surface area contributed by atoms with Crippen LogP contribution in [0, 0.1) is 6.92 Å². The van der Waals surface area contributed by atoms with Crippen molar-refractivity contribution in [2.75, 3.05) is 10.6 Å². The third-order valence-electron chi connectivity index (χ3n) is 3.43. The molecule has 2 rings (SSSR count). The van der Waals surface area contributed by atoms with E-state index >= 15 is 0 Å². The van der Waals surface area contributed by atoms with Crippen LogP contribution < -0.4 is 10.6 Å². The highest BCUT2D eigenvalue weighted by atomic mass is 32.1. The molecule has 0 unspecified atom stereocenters. The molecule has 0 saturated heterocycles. The van der Waals surface area contributed by atoms with Gasteiger partial charge in [-0.15, -0.1) is 0 Å². The molecule has 0 heterocycles. The van der Waals surface area contributed by atoms with Gasteiger partial charge in [-0.3, -0.25) is 0 Å². The van der Waals surface area contributed by atoms with Gasteiger partial charge in [0, 0.05) is 5.69 Å². The van der Waals surface area contributed by atoms with E-state index in [1.54, 1.807) is 6.07 Å². The predicted octanol–water partition coefficient (Wildman–Crippen LogP) is 4.85. The Bertz CT molecular complexity index is 638. The highest BCUT2D eigenvalue weighted by Gasteiger charge is 2.04. The van der Waals surface area contributed by atoms with Gasteiger partial charge in [0.25, 0.3) is 0 Å². The molecule has 0 aromatic heterocycles. The molecule has 22 heavy (non-hydrogen) atoms. The third-order valence-corrected chi connectivity index (χ3v) is 3.64. The standard InChI is InChI=1S/C18H22N2OS/c1-3-4-5-14-7-9-15(10-8-14)19-18(22)20-16-12-13(2)6-11-17(16)21/h6-12,21H,3-5H2,1-2H3,(H2,19,20,22). The van der Waals surface area contributed by atoms with Crippen LogP contribution in [0.3, 0.4) is 0 Å². The summed E-state index contributed by atoms with van der Waals surface area (Å²) in [7, 11) is 0. The van der Waals surface area contributed by atoms with Crippen LogP contribution in [-0.2, 0) is 6.42 Å². The highest BCUT2D eigenvalue weighted by Crippen LogP contribution is 2.24. The van der Waals surface area contributed by atoms with Crippen LogP contribution in [0.15, 0.2) is 42.5 Å². The fourth-order valence-electron chi connectivity index (χ4n) is 2.17. The second-order valence-electron chi connectivity index (χ2n) is 5.40. The summed E-state index contributed by atoms with van der Waals surface area (Å²) < 4.78 is 0. The molecular formula is C18H22N2OS. The number of hydrogen-bond acceptors (Lipinski definition) is 2. The zero-order valence-corrected chi connectivity index (χ0v) is 13.8. The summed E-state index contributed by atoms with van der Waals surface area (Å²) in [5, 5.41) is 16.4. The lowest BCUT2D eigenvalue weighted by Gasteiger charge is -2.12. The zero-order valence-electron chi connectivity index (χ0n) is 13.0. The van der Waals surface area contributed by atoms with Crippen molar-refractivity contribution in [2.24, 2.45) is 0 Å². The highest BCUT2D eigenvalue weighted by molar-refractivity contribution is 7.80. The number of thiocarbonyl (C=S) groups is 1. The summed E-state index contributed by atoms with van der Waals surface area (Å²) >= 11 is 5.29. The Morgan fingerprint density at radius 3 is 2.50 bits per heavy atom. The van der Waals surface area contributed by atoms with E-state index in [1.165, 1.54) is 18.4 Å². The van der Waals surface area contributed by atoms with E-state index in [4.69, 9.17) is 12.2 Å². The van der Waals surface area contributed by atoms with Crippen LogP contribution in [0.2, 0.25) is 0 Å². The Morgan fingerprint density at radius 2 is 1.82 bits per heavy atom. The van der Waals surface area contributed by atoms with E-state index in [0.717, 1.165) is 17.7 Å². The fourth-order valence-corrected chi connectivity index (χ4v) is 2.40. The van der Waals surface area contributed by atoms with Gasteiger partial charge in [-0.1, -0.05) is 31.5 Å². The second kappa shape index (κ2) is 7.80. The van der Waals surface area contributed by atoms with E-state index in [0.29, 0.717) is 10.8 Å². The SMILES string of the molecule is CCCCc1ccc(NC(=S)Nc2cc(C)ccc2O)cc1. The number of rotatable bonds is 5. The average molecular weight is 314 g/mol. The van der Waals surface area contributed by atoms with Gasteiger partial charge in [0.15, 0.2) is 5.11 Å². The lowest BCUT2D eigenvalue weighted by molar-refractivity contribution is 0.478. The number of benzene rings is 2. The molecule has 3 nitrogen and oxygen atoms in total. The van der Waals surface area contributed by atoms with Crippen molar-refractivity contribution in [3.63, 3.8) is 0 Å². The first kappa shape index (κ1) is 16.3. The summed E-state index contributed by atoms with van der Waals surface area (Å²) in [6.07, 6.45) is 3.52. The number of unbranched alkanes of at least 4 members (excludes halogenated alkanes) is 1. The molecule has 3 N–H and O–H groups in total. The maximum Gasteiger partial charge on any atom is 0.175 e. The molecule has 2 aromatic carbocycles. The molecule has 0 spiro atoms. The van der Waals surface area contributed by atoms with Crippen molar-refractivity contribution in [1.29, 1.82) is 0 Å². The number of anilines is 2. The first-order valence-corrected chi connectivity index (χ1v) is 7.96. The van der Waals surface area contributed by atoms with Crippen molar-refractivity contribution in [2.45, 2.75) is 33.1 Å². The summed E-state index contributed by atoms with van der Waals surface area (Å²) in [6.45, 7) is 4.16. The quantitative estimate of drug-likeness (QED) is 0.545. The summed E-state index contributed by atoms with van der Waals surface area (Å²) in [6, 6.07) is 13.6. The van der Waals surface area contributed by atoms with Crippen LogP contribution >= 0.6 is 12.2 Å². The minimum Gasteiger partial charge on any atom is -0.506 e. The van der Waals surface area contributed by atoms with Crippen molar-refractivity contribution < 1.29 is 5.11 Å². The molecule has 0 atom stereocenters. The zero-order chi connectivity index (χ0) is 15.9. The number of aryl methyl sites for hydroxylation is 2. The molecule has 0 fully saturated rings. The maximum atomic E-state index is 9.82. The van der Waals surface area contributed by atoms with Gasteiger partial charge in [-0.2, -0.15) is 0 Å². The number of aromatic hydroxyl groups is 1. The third kappa shape index (κ3) is 4.74. The normalized spacial score (nSPS) is 10.3. The fraction of sp³-hybridized carbons (Fsp3) is 0.278. The molecule has 0 bridgehead atoms. The lowest BCUT2D eigenvalue weighted by Crippen LogP contribution is -2.19. The van der Waals surface area contributed by atoms with Crippen molar-refractivity contribution in [1.82, 2.24) is 0 Å². The second-order valence-corrected chi connectivity index (χ2v) is 5.81. The number of hydrogen-bond donors (Lipinski definition) is 3. The van der Waals surface area contributed by atoms with Crippen LogP contribution in [0.4, 0.5) is 11.4 Å². The lowest BCUT2D eigenvalue weighted by atomic mass is 10.1. The van der Waals surface area contributed by atoms with E-state index in [9.17, 15) is 5.11 Å². The monoisotopic (exact) mass is 314 g/mol. The number of phenols is 1. The van der Waals surface area contributed by atoms with Gasteiger partial charge in [-0.05, 0) is 67.4 Å². The summed E-state index contributed by atoms with van der Waals surface area (Å²) in [5.74, 6) is 0.185. The molecule has 2 aromatic rings. The maximum absolute atomic E-state index is 9.82. The number of phenolic OH excluding ortho intramolecular Hbond substituents is 1. The topological polar surface area (TPSA) is 44.3 Å². The minimum absolute atomic E-state index is 0.185. The predicted molar refractivity (Wildman–Crippen MR) is 97.7 cm³/mol. The molecule has 0 radical (unpaired) electrons. The summed E-state index contributed by atoms with van der Waals surface area (Å²) in [4.78, 5) is 0. The van der Waals surface area contributed by atoms with E-state index in [-0.39, 0.29) is 5.75 Å². The van der Waals surface area contributed by atoms with Gasteiger partial charge in [0.05, 0.1) is 5.69 Å². The van der Waals surface area contributed by atoms with Gasteiger partial charge in [-0.25, -0.2) is 0 Å². The molecular weight excluding hydrogens is 292 g/mol. The number of nitrogens with one attached hydrogen (secondary N) is 2. The molecule has 0 saturated carbocycles. The summed E-state index contributed by atoms with van der Waals surface area (Å²) in [5.41, 5.74) is 3.94. The minimum atomic E-state index is 0.185. The Morgan fingerprint density at radius 1 is 1.09 bits per heavy atom. The van der Waals surface area contributed by atoms with Crippen LogP contribution in [0.5, 0.6) is 5.75 Å². The van der Waals surface area contributed by atoms with Crippen LogP contribution in [-0.4, -0.2) is 10.2 Å². The smallest absolute Gasteiger partial charge is 0.175 e. The van der Waals surface area contributed by atoms with E-state index < -0.39 is 0 Å². The molecule has 0 amide bonds. The molecule has 116 valence electrons. The van der Waals surface area contributed by atoms with Gasteiger partial charge >= 0.3 is 0 Å². The van der Waals surface area contributed by atoms with Crippen LogP contribution in [0.25, 0.3) is 0 Å². The van der Waals surface area contributed by atoms with Crippen LogP contribution in [0.1, 0.15) is 30.9 Å². The van der Waals surface area contributed by atoms with Crippen molar-refractivity contribution in [3.05, 3.63) is 53.6 Å². The molecule has 0 aliphatic carbocycles. The Labute approximate surface area is 137 Å². The Kier molecular flexibility index (Phi) is 5.78. The molecule has 0 aliphatic rings. The van der Waals surface area contributed by atoms with Crippen molar-refractivity contribution in [3.8, 4) is 5.75 Å².